The third-order valence-electron chi connectivity index (χ3n) is 2.10. The Bertz CT molecular complexity index is 179. The Labute approximate surface area is 145 Å². The van der Waals surface area contributed by atoms with Gasteiger partial charge in [-0.15, -0.1) is 0 Å². The molecule has 0 aliphatic carbocycles. The van der Waals surface area contributed by atoms with Crippen LogP contribution in [0.15, 0.2) is 0 Å². The molecule has 0 heterocycles. The van der Waals surface area contributed by atoms with Crippen LogP contribution in [0.4, 0.5) is 0 Å². The van der Waals surface area contributed by atoms with Gasteiger partial charge in [-0.05, 0) is 12.8 Å². The quantitative estimate of drug-likeness (QED) is 0.317. The number of rotatable bonds is 9. The summed E-state index contributed by atoms with van der Waals surface area (Å²) >= 11 is 0. The smallest absolute Gasteiger partial charge is 1.00 e. The second-order valence-electron chi connectivity index (χ2n) is 3.55. The van der Waals surface area contributed by atoms with Crippen molar-refractivity contribution in [3.63, 3.8) is 0 Å². The van der Waals surface area contributed by atoms with Crippen LogP contribution < -0.4 is 70.6 Å². The van der Waals surface area contributed by atoms with Crippen LogP contribution in [0, 0.1) is 0 Å². The summed E-state index contributed by atoms with van der Waals surface area (Å²) < 4.78 is 0. The molecule has 0 saturated carbocycles. The van der Waals surface area contributed by atoms with E-state index in [0.29, 0.717) is 12.8 Å². The number of primary amides is 2. The van der Waals surface area contributed by atoms with Crippen LogP contribution in [0.1, 0.15) is 54.2 Å². The molecular weight excluding hydrogens is 226 g/mol. The average Bonchev–Trinajstić information content (AvgIpc) is 2.08. The van der Waals surface area contributed by atoms with Gasteiger partial charge in [-0.1, -0.05) is 25.7 Å². The van der Waals surface area contributed by atoms with Gasteiger partial charge in [0.25, 0.3) is 0 Å². The molecule has 0 atom stereocenters. The minimum absolute atomic E-state index is 0. The number of unbranched alkanes of at least 4 members (excludes halogenated alkanes) is 5. The number of hydrogen-bond donors (Lipinski definition) is 2. The molecule has 0 aliphatic heterocycles. The Hall–Kier alpha value is 0.940. The van der Waals surface area contributed by atoms with Crippen molar-refractivity contribution in [1.82, 2.24) is 0 Å². The van der Waals surface area contributed by atoms with Gasteiger partial charge in [-0.3, -0.25) is 9.59 Å². The monoisotopic (exact) mass is 248 g/mol. The summed E-state index contributed by atoms with van der Waals surface area (Å²) in [4.78, 5) is 20.8. The Morgan fingerprint density at radius 3 is 1.19 bits per heavy atom. The van der Waals surface area contributed by atoms with E-state index in [-0.39, 0.29) is 73.8 Å². The van der Waals surface area contributed by atoms with E-state index in [1.807, 2.05) is 0 Å². The van der Waals surface area contributed by atoms with E-state index in [0.717, 1.165) is 38.5 Å². The van der Waals surface area contributed by atoms with Gasteiger partial charge in [0.1, 0.15) is 0 Å². The minimum atomic E-state index is -0.223. The predicted molar refractivity (Wildman–Crippen MR) is 57.5 cm³/mol. The Morgan fingerprint density at radius 1 is 0.688 bits per heavy atom. The number of carbonyl (C=O) groups is 2. The Morgan fingerprint density at radius 2 is 0.938 bits per heavy atom. The number of carbonyl (C=O) groups excluding carboxylic acids is 2. The molecule has 0 fully saturated rings. The van der Waals surface area contributed by atoms with Crippen molar-refractivity contribution in [3.05, 3.63) is 0 Å². The summed E-state index contributed by atoms with van der Waals surface area (Å²) in [6, 6.07) is 0. The maximum atomic E-state index is 10.4. The van der Waals surface area contributed by atoms with Crippen LogP contribution in [0.25, 0.3) is 0 Å². The van der Waals surface area contributed by atoms with Gasteiger partial charge in [0.05, 0.1) is 0 Å². The minimum Gasteiger partial charge on any atom is -1.00 e. The first kappa shape index (κ1) is 22.1. The molecule has 0 aromatic carbocycles. The van der Waals surface area contributed by atoms with E-state index in [4.69, 9.17) is 11.5 Å². The molecule has 16 heavy (non-hydrogen) atoms. The molecule has 0 bridgehead atoms. The van der Waals surface area contributed by atoms with Gasteiger partial charge in [0.15, 0.2) is 0 Å². The molecule has 0 rings (SSSR count). The van der Waals surface area contributed by atoms with E-state index < -0.39 is 0 Å². The maximum absolute atomic E-state index is 10.4. The van der Waals surface area contributed by atoms with Crippen molar-refractivity contribution in [1.29, 1.82) is 0 Å². The Balaban J connectivity index is -0.000000141. The van der Waals surface area contributed by atoms with Crippen LogP contribution in [-0.2, 0) is 9.59 Å². The maximum Gasteiger partial charge on any atom is 1.00 e. The SMILES string of the molecule is NC(=O)CCCCCCCCC(N)=O.[H-].[H-].[Na+].[Na+]. The molecule has 0 aromatic rings. The van der Waals surface area contributed by atoms with Crippen LogP contribution in [0.3, 0.4) is 0 Å². The first-order valence-electron chi connectivity index (χ1n) is 5.19. The largest absolute Gasteiger partial charge is 1.00 e. The van der Waals surface area contributed by atoms with Crippen LogP contribution >= 0.6 is 0 Å². The molecule has 4 N–H and O–H groups in total. The van der Waals surface area contributed by atoms with Gasteiger partial charge < -0.3 is 14.3 Å². The third kappa shape index (κ3) is 20.4. The fraction of sp³-hybridized carbons (Fsp3) is 0.800. The van der Waals surface area contributed by atoms with Gasteiger partial charge >= 0.3 is 59.1 Å². The van der Waals surface area contributed by atoms with Gasteiger partial charge in [0, 0.05) is 12.8 Å². The predicted octanol–water partition coefficient (Wildman–Crippen LogP) is -4.69. The molecule has 0 spiro atoms. The van der Waals surface area contributed by atoms with Gasteiger partial charge in [0.2, 0.25) is 11.8 Å². The summed E-state index contributed by atoms with van der Waals surface area (Å²) in [5.74, 6) is -0.447. The fourth-order valence-electron chi connectivity index (χ4n) is 1.31. The molecule has 2 amide bonds. The standard InChI is InChI=1S/C10H20N2O2.2Na.2H/c11-9(13)7-5-3-1-2-4-6-8-10(12)14;;;;/h1-8H2,(H2,11,13)(H2,12,14);;;;/q;2*+1;2*-1. The van der Waals surface area contributed by atoms with Crippen molar-refractivity contribution in [3.8, 4) is 0 Å². The molecule has 4 nitrogen and oxygen atoms in total. The molecule has 0 aromatic heterocycles. The van der Waals surface area contributed by atoms with Crippen LogP contribution in [0.5, 0.6) is 0 Å². The van der Waals surface area contributed by atoms with Crippen molar-refractivity contribution >= 4 is 11.8 Å². The second kappa shape index (κ2) is 15.9. The molecule has 86 valence electrons. The number of nitrogens with two attached hydrogens (primary N) is 2. The zero-order valence-electron chi connectivity index (χ0n) is 12.6. The molecule has 0 aliphatic rings. The zero-order chi connectivity index (χ0) is 10.8. The fourth-order valence-corrected chi connectivity index (χ4v) is 1.31. The molecule has 0 saturated heterocycles. The summed E-state index contributed by atoms with van der Waals surface area (Å²) in [6.07, 6.45) is 7.02. The molecule has 0 radical (unpaired) electrons. The van der Waals surface area contributed by atoms with E-state index in [9.17, 15) is 9.59 Å². The van der Waals surface area contributed by atoms with Crippen molar-refractivity contribution < 1.29 is 71.6 Å². The molecular formula is C10H22N2Na2O2. The number of hydrogen-bond acceptors (Lipinski definition) is 2. The van der Waals surface area contributed by atoms with E-state index in [2.05, 4.69) is 0 Å². The first-order valence-corrected chi connectivity index (χ1v) is 5.19. The van der Waals surface area contributed by atoms with E-state index in [1.54, 1.807) is 0 Å². The summed E-state index contributed by atoms with van der Waals surface area (Å²) in [5.41, 5.74) is 10.00. The normalized spacial score (nSPS) is 8.75. The summed E-state index contributed by atoms with van der Waals surface area (Å²) in [6.45, 7) is 0. The Kier molecular flexibility index (Phi) is 22.1. The second-order valence-corrected chi connectivity index (χ2v) is 3.55. The van der Waals surface area contributed by atoms with Gasteiger partial charge in [-0.25, -0.2) is 0 Å². The third-order valence-corrected chi connectivity index (χ3v) is 2.10. The average molecular weight is 248 g/mol. The number of amides is 2. The summed E-state index contributed by atoms with van der Waals surface area (Å²) in [7, 11) is 0. The van der Waals surface area contributed by atoms with Crippen molar-refractivity contribution in [2.24, 2.45) is 11.5 Å². The zero-order valence-corrected chi connectivity index (χ0v) is 14.6. The van der Waals surface area contributed by atoms with E-state index in [1.165, 1.54) is 0 Å². The molecule has 0 unspecified atom stereocenters. The van der Waals surface area contributed by atoms with Crippen molar-refractivity contribution in [2.75, 3.05) is 0 Å². The van der Waals surface area contributed by atoms with Crippen molar-refractivity contribution in [2.45, 2.75) is 51.4 Å². The van der Waals surface area contributed by atoms with E-state index >= 15 is 0 Å². The van der Waals surface area contributed by atoms with Gasteiger partial charge in [-0.2, -0.15) is 0 Å². The summed E-state index contributed by atoms with van der Waals surface area (Å²) in [5, 5.41) is 0. The molecule has 6 heteroatoms. The van der Waals surface area contributed by atoms with Crippen LogP contribution in [-0.4, -0.2) is 11.8 Å². The van der Waals surface area contributed by atoms with Crippen LogP contribution in [0.2, 0.25) is 0 Å². The topological polar surface area (TPSA) is 86.2 Å². The first-order chi connectivity index (χ1) is 6.63.